The van der Waals surface area contributed by atoms with Gasteiger partial charge in [-0.15, -0.1) is 0 Å². The van der Waals surface area contributed by atoms with Crippen LogP contribution in [0.3, 0.4) is 0 Å². The van der Waals surface area contributed by atoms with E-state index in [9.17, 15) is 4.79 Å². The van der Waals surface area contributed by atoms with E-state index in [-0.39, 0.29) is 5.91 Å². The van der Waals surface area contributed by atoms with Gasteiger partial charge in [-0.2, -0.15) is 5.10 Å². The van der Waals surface area contributed by atoms with E-state index in [0.717, 1.165) is 0 Å². The molecule has 56 valence electrons. The highest BCUT2D eigenvalue weighted by Crippen LogP contribution is 2.10. The van der Waals surface area contributed by atoms with Crippen LogP contribution in [-0.2, 0) is 4.79 Å². The van der Waals surface area contributed by atoms with Crippen molar-refractivity contribution < 1.29 is 4.79 Å². The van der Waals surface area contributed by atoms with Gasteiger partial charge in [0.25, 0.3) is 0 Å². The number of rotatable bonds is 1. The van der Waals surface area contributed by atoms with Crippen molar-refractivity contribution >= 4 is 22.7 Å². The van der Waals surface area contributed by atoms with Crippen molar-refractivity contribution in [2.24, 2.45) is 5.10 Å². The zero-order chi connectivity index (χ0) is 7.56. The van der Waals surface area contributed by atoms with E-state index in [1.54, 1.807) is 0 Å². The van der Waals surface area contributed by atoms with Crippen LogP contribution in [0, 0.1) is 0 Å². The zero-order valence-electron chi connectivity index (χ0n) is 5.80. The molecule has 0 N–H and O–H groups in total. The molecule has 0 aromatic heterocycles. The van der Waals surface area contributed by atoms with Crippen LogP contribution in [0.5, 0.6) is 0 Å². The maximum atomic E-state index is 10.9. The van der Waals surface area contributed by atoms with E-state index >= 15 is 0 Å². The number of amides is 1. The molecule has 0 spiro atoms. The standard InChI is InChI=1S/C6H9ClN2O/c1-2-9-6(10)4-3-5(7)8-9/h2-4H2,1H3. The predicted molar refractivity (Wildman–Crippen MR) is 39.9 cm³/mol. The number of carbonyl (C=O) groups excluding carboxylic acids is 1. The minimum Gasteiger partial charge on any atom is -0.273 e. The molecule has 0 saturated carbocycles. The van der Waals surface area contributed by atoms with Gasteiger partial charge < -0.3 is 0 Å². The number of hydrazone groups is 1. The topological polar surface area (TPSA) is 32.7 Å². The second-order valence-electron chi connectivity index (χ2n) is 2.09. The van der Waals surface area contributed by atoms with Crippen LogP contribution < -0.4 is 0 Å². The second kappa shape index (κ2) is 3.01. The summed E-state index contributed by atoms with van der Waals surface area (Å²) in [6.07, 6.45) is 1.09. The molecule has 10 heavy (non-hydrogen) atoms. The molecule has 0 atom stereocenters. The van der Waals surface area contributed by atoms with Gasteiger partial charge in [-0.1, -0.05) is 11.6 Å². The van der Waals surface area contributed by atoms with Crippen LogP contribution in [0.1, 0.15) is 19.8 Å². The summed E-state index contributed by atoms with van der Waals surface area (Å²) in [6.45, 7) is 2.48. The molecule has 1 amide bonds. The van der Waals surface area contributed by atoms with Gasteiger partial charge in [0.2, 0.25) is 5.91 Å². The lowest BCUT2D eigenvalue weighted by Crippen LogP contribution is -2.29. The number of hydrogen-bond acceptors (Lipinski definition) is 2. The quantitative estimate of drug-likeness (QED) is 0.567. The summed E-state index contributed by atoms with van der Waals surface area (Å²) >= 11 is 5.61. The summed E-state index contributed by atoms with van der Waals surface area (Å²) in [6, 6.07) is 0. The second-order valence-corrected chi connectivity index (χ2v) is 2.52. The minimum atomic E-state index is 0.0619. The van der Waals surface area contributed by atoms with Crippen molar-refractivity contribution in [3.8, 4) is 0 Å². The number of nitrogens with zero attached hydrogens (tertiary/aromatic N) is 2. The van der Waals surface area contributed by atoms with Crippen molar-refractivity contribution in [3.05, 3.63) is 0 Å². The minimum absolute atomic E-state index is 0.0619. The van der Waals surface area contributed by atoms with Gasteiger partial charge in [0.15, 0.2) is 0 Å². The van der Waals surface area contributed by atoms with E-state index in [2.05, 4.69) is 5.10 Å². The Morgan fingerprint density at radius 3 is 2.90 bits per heavy atom. The first-order valence-corrected chi connectivity index (χ1v) is 3.65. The normalized spacial score (nSPS) is 19.2. The largest absolute Gasteiger partial charge is 0.273 e. The summed E-state index contributed by atoms with van der Waals surface area (Å²) in [5.74, 6) is 0.0619. The van der Waals surface area contributed by atoms with Gasteiger partial charge in [-0.3, -0.25) is 4.79 Å². The number of carbonyl (C=O) groups is 1. The van der Waals surface area contributed by atoms with Crippen molar-refractivity contribution in [2.45, 2.75) is 19.8 Å². The molecule has 0 fully saturated rings. The van der Waals surface area contributed by atoms with Gasteiger partial charge in [0, 0.05) is 19.4 Å². The van der Waals surface area contributed by atoms with E-state index in [1.165, 1.54) is 5.01 Å². The summed E-state index contributed by atoms with van der Waals surface area (Å²) in [7, 11) is 0. The molecule has 0 saturated heterocycles. The molecule has 0 unspecified atom stereocenters. The summed E-state index contributed by atoms with van der Waals surface area (Å²) in [5, 5.41) is 5.77. The third kappa shape index (κ3) is 1.48. The number of halogens is 1. The SMILES string of the molecule is CCN1N=C(Cl)CCC1=O. The van der Waals surface area contributed by atoms with Crippen LogP contribution in [0.4, 0.5) is 0 Å². The molecule has 1 aliphatic heterocycles. The van der Waals surface area contributed by atoms with E-state index in [1.807, 2.05) is 6.92 Å². The highest BCUT2D eigenvalue weighted by molar-refractivity contribution is 6.65. The zero-order valence-corrected chi connectivity index (χ0v) is 6.56. The fraction of sp³-hybridized carbons (Fsp3) is 0.667. The average Bonchev–Trinajstić information content (AvgIpc) is 1.94. The fourth-order valence-electron chi connectivity index (χ4n) is 0.823. The highest BCUT2D eigenvalue weighted by Gasteiger charge is 2.16. The van der Waals surface area contributed by atoms with Crippen molar-refractivity contribution in [1.82, 2.24) is 5.01 Å². The molecule has 1 heterocycles. The Labute approximate surface area is 64.6 Å². The van der Waals surface area contributed by atoms with Crippen LogP contribution >= 0.6 is 11.6 Å². The first-order chi connectivity index (χ1) is 4.74. The maximum Gasteiger partial charge on any atom is 0.243 e. The van der Waals surface area contributed by atoms with Crippen molar-refractivity contribution in [1.29, 1.82) is 0 Å². The van der Waals surface area contributed by atoms with Crippen LogP contribution in [0.15, 0.2) is 5.10 Å². The Balaban J connectivity index is 2.68. The maximum absolute atomic E-state index is 10.9. The molecule has 3 nitrogen and oxygen atoms in total. The Hall–Kier alpha value is -0.570. The van der Waals surface area contributed by atoms with Crippen molar-refractivity contribution in [2.75, 3.05) is 6.54 Å². The average molecular weight is 161 g/mol. The molecule has 0 aromatic carbocycles. The van der Waals surface area contributed by atoms with E-state index < -0.39 is 0 Å². The Morgan fingerprint density at radius 2 is 2.40 bits per heavy atom. The molecule has 0 radical (unpaired) electrons. The molecule has 1 rings (SSSR count). The van der Waals surface area contributed by atoms with Crippen LogP contribution in [-0.4, -0.2) is 22.6 Å². The molecule has 1 aliphatic rings. The smallest absolute Gasteiger partial charge is 0.243 e. The third-order valence-corrected chi connectivity index (χ3v) is 1.63. The molecular formula is C6H9ClN2O. The third-order valence-electron chi connectivity index (χ3n) is 1.36. The van der Waals surface area contributed by atoms with Gasteiger partial charge in [-0.25, -0.2) is 5.01 Å². The number of hydrogen-bond donors (Lipinski definition) is 0. The lowest BCUT2D eigenvalue weighted by atomic mass is 10.3. The Bertz CT molecular complexity index is 179. The van der Waals surface area contributed by atoms with Gasteiger partial charge in [0.1, 0.15) is 5.17 Å². The molecule has 4 heteroatoms. The van der Waals surface area contributed by atoms with Crippen molar-refractivity contribution in [3.63, 3.8) is 0 Å². The highest BCUT2D eigenvalue weighted by atomic mass is 35.5. The van der Waals surface area contributed by atoms with Crippen LogP contribution in [0.25, 0.3) is 0 Å². The molecule has 0 bridgehead atoms. The van der Waals surface area contributed by atoms with Gasteiger partial charge >= 0.3 is 0 Å². The molecular weight excluding hydrogens is 152 g/mol. The lowest BCUT2D eigenvalue weighted by molar-refractivity contribution is -0.131. The first-order valence-electron chi connectivity index (χ1n) is 3.27. The Morgan fingerprint density at radius 1 is 1.70 bits per heavy atom. The Kier molecular flexibility index (Phi) is 2.27. The van der Waals surface area contributed by atoms with Gasteiger partial charge in [0.05, 0.1) is 0 Å². The summed E-state index contributed by atoms with van der Waals surface area (Å²) in [4.78, 5) is 10.9. The van der Waals surface area contributed by atoms with E-state index in [4.69, 9.17) is 11.6 Å². The first kappa shape index (κ1) is 7.54. The monoisotopic (exact) mass is 160 g/mol. The lowest BCUT2D eigenvalue weighted by Gasteiger charge is -2.18. The summed E-state index contributed by atoms with van der Waals surface area (Å²) < 4.78 is 0. The summed E-state index contributed by atoms with van der Waals surface area (Å²) in [5.41, 5.74) is 0. The van der Waals surface area contributed by atoms with E-state index in [0.29, 0.717) is 24.6 Å². The fourth-order valence-corrected chi connectivity index (χ4v) is 1.01. The van der Waals surface area contributed by atoms with Gasteiger partial charge in [-0.05, 0) is 6.92 Å². The predicted octanol–water partition coefficient (Wildman–Crippen LogP) is 1.18. The van der Waals surface area contributed by atoms with Crippen LogP contribution in [0.2, 0.25) is 0 Å². The molecule has 0 aromatic rings. The molecule has 0 aliphatic carbocycles.